The Morgan fingerprint density at radius 2 is 2.11 bits per heavy atom. The highest BCUT2D eigenvalue weighted by molar-refractivity contribution is 6.06. The average Bonchev–Trinajstić information content (AvgIpc) is 3.47. The van der Waals surface area contributed by atoms with Crippen LogP contribution in [0.2, 0.25) is 0 Å². The second-order valence-electron chi connectivity index (χ2n) is 8.96. The number of anilines is 3. The summed E-state index contributed by atoms with van der Waals surface area (Å²) in [6, 6.07) is 8.10. The first-order valence-electron chi connectivity index (χ1n) is 11.6. The Balaban J connectivity index is 1.26. The smallest absolute Gasteiger partial charge is 0.254 e. The van der Waals surface area contributed by atoms with Gasteiger partial charge in [0, 0.05) is 49.0 Å². The van der Waals surface area contributed by atoms with E-state index in [1.807, 2.05) is 42.1 Å². The third kappa shape index (κ3) is 3.13. The fraction of sp³-hybridized carbons (Fsp3) is 0.280. The third-order valence-corrected chi connectivity index (χ3v) is 6.91. The molecule has 10 heteroatoms. The minimum Gasteiger partial charge on any atom is -0.474 e. The van der Waals surface area contributed by atoms with Crippen molar-refractivity contribution in [1.82, 2.24) is 24.8 Å². The maximum Gasteiger partial charge on any atom is 0.254 e. The Kier molecular flexibility index (Phi) is 4.43. The van der Waals surface area contributed by atoms with E-state index in [9.17, 15) is 4.79 Å². The molecule has 3 aliphatic heterocycles. The molecule has 1 saturated heterocycles. The number of carbonyl (C=O) groups excluding carboxylic acids is 1. The van der Waals surface area contributed by atoms with Crippen LogP contribution in [0.5, 0.6) is 5.88 Å². The molecular formula is C25H23N7O3. The van der Waals surface area contributed by atoms with E-state index in [1.165, 1.54) is 0 Å². The number of aromatic nitrogens is 4. The molecule has 4 aromatic rings. The molecular weight excluding hydrogens is 446 g/mol. The summed E-state index contributed by atoms with van der Waals surface area (Å²) >= 11 is 0. The zero-order valence-corrected chi connectivity index (χ0v) is 19.1. The minimum atomic E-state index is -0.130. The molecule has 7 rings (SSSR count). The van der Waals surface area contributed by atoms with E-state index in [2.05, 4.69) is 25.5 Å². The summed E-state index contributed by atoms with van der Waals surface area (Å²) in [6.07, 6.45) is 5.45. The molecule has 1 fully saturated rings. The van der Waals surface area contributed by atoms with Gasteiger partial charge in [0.05, 0.1) is 42.4 Å². The molecule has 1 amide bonds. The lowest BCUT2D eigenvalue weighted by molar-refractivity contribution is 0.0693. The van der Waals surface area contributed by atoms with Gasteiger partial charge in [-0.15, -0.1) is 0 Å². The normalized spacial score (nSPS) is 18.5. The molecule has 0 saturated carbocycles. The van der Waals surface area contributed by atoms with Crippen LogP contribution in [-0.4, -0.2) is 57.8 Å². The van der Waals surface area contributed by atoms with Crippen LogP contribution >= 0.6 is 0 Å². The Morgan fingerprint density at radius 3 is 3.06 bits per heavy atom. The number of nitrogens with one attached hydrogen (secondary N) is 2. The summed E-state index contributed by atoms with van der Waals surface area (Å²) in [5.74, 6) is 1.05. The van der Waals surface area contributed by atoms with Gasteiger partial charge in [-0.2, -0.15) is 4.98 Å². The maximum absolute atomic E-state index is 12.9. The lowest BCUT2D eigenvalue weighted by atomic mass is 10.0. The molecule has 0 radical (unpaired) electrons. The number of nitrogens with zero attached hydrogens (tertiary/aromatic N) is 5. The van der Waals surface area contributed by atoms with E-state index >= 15 is 0 Å². The molecule has 7 heterocycles. The zero-order chi connectivity index (χ0) is 23.5. The predicted octanol–water partition coefficient (Wildman–Crippen LogP) is 2.61. The molecule has 0 bridgehead atoms. The predicted molar refractivity (Wildman–Crippen MR) is 130 cm³/mol. The number of hydrogen-bond acceptors (Lipinski definition) is 8. The van der Waals surface area contributed by atoms with Crippen molar-refractivity contribution in [3.05, 3.63) is 54.0 Å². The molecule has 10 nitrogen and oxygen atoms in total. The van der Waals surface area contributed by atoms with E-state index in [-0.39, 0.29) is 11.9 Å². The summed E-state index contributed by atoms with van der Waals surface area (Å²) < 4.78 is 13.5. The van der Waals surface area contributed by atoms with E-state index in [0.717, 1.165) is 40.1 Å². The first kappa shape index (κ1) is 20.2. The summed E-state index contributed by atoms with van der Waals surface area (Å²) in [6.45, 7) is 3.13. The lowest BCUT2D eigenvalue weighted by Crippen LogP contribution is -2.51. The van der Waals surface area contributed by atoms with Crippen molar-refractivity contribution in [2.24, 2.45) is 7.05 Å². The highest BCUT2D eigenvalue weighted by atomic mass is 16.5. The maximum atomic E-state index is 12.9. The highest BCUT2D eigenvalue weighted by Gasteiger charge is 2.32. The van der Waals surface area contributed by atoms with Gasteiger partial charge >= 0.3 is 0 Å². The van der Waals surface area contributed by atoms with Crippen LogP contribution in [0, 0.1) is 0 Å². The molecule has 0 unspecified atom stereocenters. The number of carbonyl (C=O) groups is 1. The topological polar surface area (TPSA) is 106 Å². The molecule has 4 aromatic heterocycles. The first-order chi connectivity index (χ1) is 17.2. The second kappa shape index (κ2) is 7.67. The van der Waals surface area contributed by atoms with Gasteiger partial charge in [-0.25, -0.2) is 4.98 Å². The van der Waals surface area contributed by atoms with Crippen LogP contribution in [-0.2, 0) is 18.3 Å². The Morgan fingerprint density at radius 1 is 1.17 bits per heavy atom. The number of amides is 1. The molecule has 0 spiro atoms. The van der Waals surface area contributed by atoms with Crippen molar-refractivity contribution >= 4 is 34.1 Å². The molecule has 2 N–H and O–H groups in total. The zero-order valence-electron chi connectivity index (χ0n) is 19.1. The van der Waals surface area contributed by atoms with Crippen LogP contribution in [0.4, 0.5) is 17.2 Å². The minimum absolute atomic E-state index is 0.130. The van der Waals surface area contributed by atoms with Gasteiger partial charge in [0.1, 0.15) is 23.8 Å². The molecule has 0 aliphatic carbocycles. The lowest BCUT2D eigenvalue weighted by Gasteiger charge is -2.40. The van der Waals surface area contributed by atoms with Crippen LogP contribution in [0.25, 0.3) is 22.3 Å². The van der Waals surface area contributed by atoms with Crippen molar-refractivity contribution in [1.29, 1.82) is 0 Å². The number of pyridine rings is 3. The highest BCUT2D eigenvalue weighted by Crippen LogP contribution is 2.38. The van der Waals surface area contributed by atoms with Gasteiger partial charge < -0.3 is 29.6 Å². The van der Waals surface area contributed by atoms with Crippen LogP contribution in [0.1, 0.15) is 15.9 Å². The van der Waals surface area contributed by atoms with Gasteiger partial charge in [-0.05, 0) is 24.3 Å². The van der Waals surface area contributed by atoms with Crippen LogP contribution < -0.4 is 20.3 Å². The SMILES string of the molecule is Cn1ccc2c(-c3ncc(Nc4ccc5c(n4)OC[C@H]4COCCN54)c4c3CNC4=O)ccnc21. The van der Waals surface area contributed by atoms with E-state index in [0.29, 0.717) is 49.3 Å². The number of hydrogen-bond donors (Lipinski definition) is 2. The largest absolute Gasteiger partial charge is 0.474 e. The summed E-state index contributed by atoms with van der Waals surface area (Å²) in [5.41, 5.74) is 5.64. The molecule has 1 atom stereocenters. The van der Waals surface area contributed by atoms with Crippen molar-refractivity contribution in [3.8, 4) is 17.1 Å². The van der Waals surface area contributed by atoms with Gasteiger partial charge in [0.25, 0.3) is 5.91 Å². The number of ether oxygens (including phenoxy) is 2. The van der Waals surface area contributed by atoms with Crippen molar-refractivity contribution in [2.75, 3.05) is 36.6 Å². The van der Waals surface area contributed by atoms with Gasteiger partial charge in [-0.1, -0.05) is 0 Å². The fourth-order valence-electron chi connectivity index (χ4n) is 5.19. The summed E-state index contributed by atoms with van der Waals surface area (Å²) in [4.78, 5) is 29.1. The van der Waals surface area contributed by atoms with E-state index in [4.69, 9.17) is 14.5 Å². The summed E-state index contributed by atoms with van der Waals surface area (Å²) in [7, 11) is 1.96. The quantitative estimate of drug-likeness (QED) is 0.472. The number of fused-ring (bicyclic) bond motifs is 5. The van der Waals surface area contributed by atoms with Crippen LogP contribution in [0.3, 0.4) is 0 Å². The second-order valence-corrected chi connectivity index (χ2v) is 8.96. The van der Waals surface area contributed by atoms with Crippen molar-refractivity contribution in [3.63, 3.8) is 0 Å². The Hall–Kier alpha value is -4.18. The van der Waals surface area contributed by atoms with Gasteiger partial charge in [-0.3, -0.25) is 9.78 Å². The third-order valence-electron chi connectivity index (χ3n) is 6.91. The standard InChI is InChI=1S/C25H23N7O3/c1-31-7-5-16-15(4-6-26-23(16)31)22-17-10-28-24(33)21(17)18(11-27-22)29-20-3-2-19-25(30-20)35-13-14-12-34-9-8-32(14)19/h2-7,11,14H,8-10,12-13H2,1H3,(H,28,33)(H,29,30)/t14-/m1/s1. The van der Waals surface area contributed by atoms with Crippen molar-refractivity contribution in [2.45, 2.75) is 12.6 Å². The van der Waals surface area contributed by atoms with E-state index < -0.39 is 0 Å². The first-order valence-corrected chi connectivity index (χ1v) is 11.6. The number of aryl methyl sites for hydroxylation is 1. The fourth-order valence-corrected chi connectivity index (χ4v) is 5.19. The Bertz CT molecular complexity index is 1500. The number of rotatable bonds is 3. The molecule has 3 aliphatic rings. The summed E-state index contributed by atoms with van der Waals surface area (Å²) in [5, 5.41) is 7.25. The average molecular weight is 470 g/mol. The monoisotopic (exact) mass is 469 g/mol. The molecule has 35 heavy (non-hydrogen) atoms. The molecule has 0 aromatic carbocycles. The number of morpholine rings is 1. The van der Waals surface area contributed by atoms with Gasteiger partial charge in [0.15, 0.2) is 0 Å². The van der Waals surface area contributed by atoms with Crippen molar-refractivity contribution < 1.29 is 14.3 Å². The van der Waals surface area contributed by atoms with E-state index in [1.54, 1.807) is 12.4 Å². The van der Waals surface area contributed by atoms with Crippen LogP contribution in [0.15, 0.2) is 42.9 Å². The van der Waals surface area contributed by atoms with Gasteiger partial charge in [0.2, 0.25) is 5.88 Å². The Labute approximate surface area is 200 Å². The molecule has 176 valence electrons.